The SMILES string of the molecule is COc1ccc(C(Br)c2cc3c(s2)CCSC3)cc1Cl. The first-order valence-corrected chi connectivity index (χ1v) is 9.62. The standard InChI is InChI=1S/C15H14BrClOS2/c1-18-12-3-2-9(6-11(12)17)15(16)14-7-10-8-19-5-4-13(10)20-14/h2-3,6-7,15H,4-5,8H2,1H3. The van der Waals surface area contributed by atoms with Gasteiger partial charge in [-0.1, -0.05) is 33.6 Å². The molecule has 106 valence electrons. The third kappa shape index (κ3) is 2.89. The molecule has 0 bridgehead atoms. The molecule has 1 aliphatic rings. The van der Waals surface area contributed by atoms with Crippen molar-refractivity contribution in [2.45, 2.75) is 17.0 Å². The molecule has 0 aliphatic carbocycles. The highest BCUT2D eigenvalue weighted by atomic mass is 79.9. The van der Waals surface area contributed by atoms with E-state index in [-0.39, 0.29) is 4.83 Å². The summed E-state index contributed by atoms with van der Waals surface area (Å²) in [7, 11) is 1.64. The topological polar surface area (TPSA) is 9.23 Å². The van der Waals surface area contributed by atoms with Gasteiger partial charge in [0.25, 0.3) is 0 Å². The van der Waals surface area contributed by atoms with Gasteiger partial charge < -0.3 is 4.74 Å². The monoisotopic (exact) mass is 388 g/mol. The summed E-state index contributed by atoms with van der Waals surface area (Å²) in [5, 5.41) is 0.659. The summed E-state index contributed by atoms with van der Waals surface area (Å²) >= 11 is 14.0. The minimum atomic E-state index is 0.200. The fraction of sp³-hybridized carbons (Fsp3) is 0.333. The molecule has 3 rings (SSSR count). The van der Waals surface area contributed by atoms with E-state index < -0.39 is 0 Å². The second-order valence-electron chi connectivity index (χ2n) is 4.66. The van der Waals surface area contributed by atoms with Gasteiger partial charge in [0.05, 0.1) is 17.0 Å². The highest BCUT2D eigenvalue weighted by Crippen LogP contribution is 2.41. The van der Waals surface area contributed by atoms with Crippen LogP contribution in [-0.2, 0) is 12.2 Å². The predicted molar refractivity (Wildman–Crippen MR) is 93.0 cm³/mol. The first-order valence-electron chi connectivity index (χ1n) is 6.36. The van der Waals surface area contributed by atoms with E-state index in [4.69, 9.17) is 16.3 Å². The zero-order valence-electron chi connectivity index (χ0n) is 11.0. The molecule has 1 nitrogen and oxygen atoms in total. The number of thiophene rings is 1. The van der Waals surface area contributed by atoms with Crippen LogP contribution in [0.4, 0.5) is 0 Å². The Morgan fingerprint density at radius 2 is 2.20 bits per heavy atom. The van der Waals surface area contributed by atoms with Gasteiger partial charge in [-0.15, -0.1) is 11.3 Å². The van der Waals surface area contributed by atoms with Gasteiger partial charge in [-0.25, -0.2) is 0 Å². The van der Waals surface area contributed by atoms with Crippen LogP contribution in [-0.4, -0.2) is 12.9 Å². The van der Waals surface area contributed by atoms with Gasteiger partial charge in [0.15, 0.2) is 0 Å². The van der Waals surface area contributed by atoms with Crippen molar-refractivity contribution in [2.24, 2.45) is 0 Å². The van der Waals surface area contributed by atoms with E-state index in [0.717, 1.165) is 11.5 Å². The minimum absolute atomic E-state index is 0.200. The third-order valence-corrected chi connectivity index (χ3v) is 7.30. The van der Waals surface area contributed by atoms with Crippen LogP contribution in [0.1, 0.15) is 25.7 Å². The molecule has 0 saturated carbocycles. The number of fused-ring (bicyclic) bond motifs is 1. The molecule has 1 aliphatic heterocycles. The highest BCUT2D eigenvalue weighted by molar-refractivity contribution is 9.09. The van der Waals surface area contributed by atoms with Crippen LogP contribution in [0.15, 0.2) is 24.3 Å². The van der Waals surface area contributed by atoms with Crippen molar-refractivity contribution in [3.63, 3.8) is 0 Å². The summed E-state index contributed by atoms with van der Waals surface area (Å²) in [4.78, 5) is 3.10. The Morgan fingerprint density at radius 1 is 1.35 bits per heavy atom. The Balaban J connectivity index is 1.90. The fourth-order valence-corrected chi connectivity index (χ4v) is 5.65. The summed E-state index contributed by atoms with van der Waals surface area (Å²) in [6, 6.07) is 8.31. The summed E-state index contributed by atoms with van der Waals surface area (Å²) in [6.07, 6.45) is 1.20. The zero-order valence-corrected chi connectivity index (χ0v) is 15.0. The Labute approximate surface area is 140 Å². The second-order valence-corrected chi connectivity index (χ2v) is 8.25. The van der Waals surface area contributed by atoms with Crippen molar-refractivity contribution in [3.8, 4) is 5.75 Å². The molecule has 0 fully saturated rings. The molecule has 0 N–H and O–H groups in total. The number of hydrogen-bond acceptors (Lipinski definition) is 3. The lowest BCUT2D eigenvalue weighted by Gasteiger charge is -2.10. The number of benzene rings is 1. The Kier molecular flexibility index (Phi) is 4.65. The highest BCUT2D eigenvalue weighted by Gasteiger charge is 2.19. The molecular weight excluding hydrogens is 376 g/mol. The maximum absolute atomic E-state index is 6.22. The normalized spacial score (nSPS) is 15.8. The van der Waals surface area contributed by atoms with E-state index in [1.807, 2.05) is 35.2 Å². The predicted octanol–water partition coefficient (Wildman–Crippen LogP) is 5.68. The largest absolute Gasteiger partial charge is 0.495 e. The average molecular weight is 390 g/mol. The van der Waals surface area contributed by atoms with Gasteiger partial charge in [0.1, 0.15) is 5.75 Å². The number of methoxy groups -OCH3 is 1. The summed E-state index contributed by atoms with van der Waals surface area (Å²) in [6.45, 7) is 0. The number of halogens is 2. The summed E-state index contributed by atoms with van der Waals surface area (Å²) in [5.74, 6) is 3.11. The van der Waals surface area contributed by atoms with Crippen molar-refractivity contribution >= 4 is 50.6 Å². The molecule has 0 radical (unpaired) electrons. The number of aryl methyl sites for hydroxylation is 1. The molecule has 1 aromatic carbocycles. The van der Waals surface area contributed by atoms with Crippen LogP contribution in [0.25, 0.3) is 0 Å². The molecule has 20 heavy (non-hydrogen) atoms. The summed E-state index contributed by atoms with van der Waals surface area (Å²) < 4.78 is 5.20. The third-order valence-electron chi connectivity index (χ3n) is 3.37. The zero-order chi connectivity index (χ0) is 14.1. The Morgan fingerprint density at radius 3 is 2.90 bits per heavy atom. The van der Waals surface area contributed by atoms with Gasteiger partial charge in [0, 0.05) is 15.5 Å². The lowest BCUT2D eigenvalue weighted by molar-refractivity contribution is 0.415. The quantitative estimate of drug-likeness (QED) is 0.624. The average Bonchev–Trinajstić information content (AvgIpc) is 2.90. The minimum Gasteiger partial charge on any atom is -0.495 e. The molecule has 5 heteroatoms. The lowest BCUT2D eigenvalue weighted by Crippen LogP contribution is -1.96. The van der Waals surface area contributed by atoms with Crippen LogP contribution in [0.2, 0.25) is 5.02 Å². The molecule has 0 amide bonds. The maximum Gasteiger partial charge on any atom is 0.137 e. The summed E-state index contributed by atoms with van der Waals surface area (Å²) in [5.41, 5.74) is 2.67. The molecule has 2 aromatic rings. The first-order chi connectivity index (χ1) is 9.69. The van der Waals surface area contributed by atoms with Crippen LogP contribution in [0.3, 0.4) is 0 Å². The number of alkyl halides is 1. The van der Waals surface area contributed by atoms with Crippen LogP contribution in [0, 0.1) is 0 Å². The molecular formula is C15H14BrClOS2. The molecule has 0 spiro atoms. The van der Waals surface area contributed by atoms with Crippen molar-refractivity contribution in [1.82, 2.24) is 0 Å². The van der Waals surface area contributed by atoms with Crippen molar-refractivity contribution in [3.05, 3.63) is 50.2 Å². The van der Waals surface area contributed by atoms with Crippen LogP contribution < -0.4 is 4.74 Å². The van der Waals surface area contributed by atoms with Gasteiger partial charge in [-0.2, -0.15) is 11.8 Å². The molecule has 1 aromatic heterocycles. The Bertz CT molecular complexity index is 603. The number of thioether (sulfide) groups is 1. The van der Waals surface area contributed by atoms with Crippen LogP contribution >= 0.6 is 50.6 Å². The smallest absolute Gasteiger partial charge is 0.137 e. The Hall–Kier alpha value is -0.160. The molecule has 1 unspecified atom stereocenters. The van der Waals surface area contributed by atoms with E-state index in [1.54, 1.807) is 12.0 Å². The van der Waals surface area contributed by atoms with E-state index >= 15 is 0 Å². The molecule has 0 saturated heterocycles. The van der Waals surface area contributed by atoms with E-state index in [0.29, 0.717) is 5.02 Å². The maximum atomic E-state index is 6.22. The van der Waals surface area contributed by atoms with E-state index in [2.05, 4.69) is 28.1 Å². The van der Waals surface area contributed by atoms with Gasteiger partial charge in [0.2, 0.25) is 0 Å². The lowest BCUT2D eigenvalue weighted by atomic mass is 10.1. The number of hydrogen-bond donors (Lipinski definition) is 0. The second kappa shape index (κ2) is 6.30. The van der Waals surface area contributed by atoms with Crippen molar-refractivity contribution in [1.29, 1.82) is 0 Å². The van der Waals surface area contributed by atoms with Gasteiger partial charge in [-0.05, 0) is 41.5 Å². The van der Waals surface area contributed by atoms with Gasteiger partial charge in [-0.3, -0.25) is 0 Å². The fourth-order valence-electron chi connectivity index (χ4n) is 2.30. The van der Waals surface area contributed by atoms with E-state index in [1.165, 1.54) is 28.2 Å². The molecule has 1 atom stereocenters. The molecule has 2 heterocycles. The first kappa shape index (κ1) is 14.8. The van der Waals surface area contributed by atoms with E-state index in [9.17, 15) is 0 Å². The van der Waals surface area contributed by atoms with Crippen LogP contribution in [0.5, 0.6) is 5.75 Å². The number of ether oxygens (including phenoxy) is 1. The van der Waals surface area contributed by atoms with Gasteiger partial charge >= 0.3 is 0 Å². The van der Waals surface area contributed by atoms with Crippen molar-refractivity contribution < 1.29 is 4.74 Å². The number of rotatable bonds is 3. The van der Waals surface area contributed by atoms with Crippen molar-refractivity contribution in [2.75, 3.05) is 12.9 Å².